The van der Waals surface area contributed by atoms with E-state index in [2.05, 4.69) is 12.7 Å². The first-order valence-electron chi connectivity index (χ1n) is 22.0. The predicted molar refractivity (Wildman–Crippen MR) is 237 cm³/mol. The number of carbonyl (C=O) groups excluding carboxylic acids is 1. The maximum Gasteiger partial charge on any atom is 0.410 e. The molecule has 4 aliphatic rings. The van der Waals surface area contributed by atoms with Gasteiger partial charge in [-0.2, -0.15) is 0 Å². The molecule has 63 heavy (non-hydrogen) atoms. The third-order valence-corrected chi connectivity index (χ3v) is 12.3. The fourth-order valence-corrected chi connectivity index (χ4v) is 9.53. The zero-order chi connectivity index (χ0) is 44.6. The predicted octanol–water partition coefficient (Wildman–Crippen LogP) is 9.44. The summed E-state index contributed by atoms with van der Waals surface area (Å²) in [5.74, 6) is -0.406. The van der Waals surface area contributed by atoms with Gasteiger partial charge in [-0.1, -0.05) is 54.4 Å². The highest BCUT2D eigenvalue weighted by Gasteiger charge is 2.66. The third kappa shape index (κ3) is 10.4. The number of aliphatic hydroxyl groups excluding tert-OH is 2. The van der Waals surface area contributed by atoms with E-state index in [1.165, 1.54) is 6.07 Å². The molecule has 0 radical (unpaired) electrons. The lowest BCUT2D eigenvalue weighted by atomic mass is 9.55. The highest BCUT2D eigenvalue weighted by Crippen LogP contribution is 2.62. The number of halogens is 2. The molecule has 2 N–H and O–H groups in total. The largest absolute Gasteiger partial charge is 0.489 e. The summed E-state index contributed by atoms with van der Waals surface area (Å²) in [7, 11) is 0. The van der Waals surface area contributed by atoms with Crippen molar-refractivity contribution in [2.45, 2.75) is 102 Å². The second-order valence-electron chi connectivity index (χ2n) is 17.5. The molecule has 6 unspecified atom stereocenters. The van der Waals surface area contributed by atoms with Crippen molar-refractivity contribution in [1.29, 1.82) is 0 Å². The van der Waals surface area contributed by atoms with E-state index in [0.717, 1.165) is 42.4 Å². The number of hydrogen-bond acceptors (Lipinski definition) is 11. The number of hydrogen-bond donors (Lipinski definition) is 2. The number of oxime groups is 1. The van der Waals surface area contributed by atoms with Crippen molar-refractivity contribution >= 4 is 23.4 Å². The van der Waals surface area contributed by atoms with Crippen LogP contribution in [0.4, 0.5) is 9.18 Å². The summed E-state index contributed by atoms with van der Waals surface area (Å²) in [5.41, 5.74) is 2.94. The van der Waals surface area contributed by atoms with Crippen LogP contribution in [-0.2, 0) is 27.5 Å². The monoisotopic (exact) mass is 890 g/mol. The number of nitrogens with zero attached hydrogens (tertiary/aromatic N) is 2. The summed E-state index contributed by atoms with van der Waals surface area (Å²) in [6.07, 6.45) is 7.84. The Bertz CT molecular complexity index is 2130. The summed E-state index contributed by atoms with van der Waals surface area (Å²) in [4.78, 5) is 22.5. The van der Waals surface area contributed by atoms with Gasteiger partial charge in [0.2, 0.25) is 12.6 Å². The Kier molecular flexibility index (Phi) is 15.2. The normalized spacial score (nSPS) is 23.8. The van der Waals surface area contributed by atoms with Crippen LogP contribution in [0.5, 0.6) is 23.0 Å². The molecule has 6 atom stereocenters. The number of ether oxygens (including phenoxy) is 6. The summed E-state index contributed by atoms with van der Waals surface area (Å²) >= 11 is 6.11. The van der Waals surface area contributed by atoms with E-state index in [0.29, 0.717) is 47.1 Å². The van der Waals surface area contributed by atoms with Crippen molar-refractivity contribution < 1.29 is 52.7 Å². The van der Waals surface area contributed by atoms with Gasteiger partial charge in [0.05, 0.1) is 24.1 Å². The summed E-state index contributed by atoms with van der Waals surface area (Å²) < 4.78 is 52.7. The van der Waals surface area contributed by atoms with Gasteiger partial charge in [-0.15, -0.1) is 18.2 Å². The van der Waals surface area contributed by atoms with Gasteiger partial charge in [0.1, 0.15) is 42.2 Å². The number of unbranched alkanes of at least 4 members (excludes halogenated alkanes) is 2. The fourth-order valence-electron chi connectivity index (χ4n) is 9.45. The van der Waals surface area contributed by atoms with Crippen LogP contribution in [0.25, 0.3) is 0 Å². The Morgan fingerprint density at radius 2 is 1.78 bits per heavy atom. The van der Waals surface area contributed by atoms with Crippen LogP contribution in [0, 0.1) is 23.6 Å². The van der Waals surface area contributed by atoms with Gasteiger partial charge in [0, 0.05) is 43.2 Å². The van der Waals surface area contributed by atoms with Gasteiger partial charge in [0.15, 0.2) is 11.5 Å². The number of benzene rings is 3. The van der Waals surface area contributed by atoms with Gasteiger partial charge in [0.25, 0.3) is 0 Å². The van der Waals surface area contributed by atoms with Crippen LogP contribution in [0.2, 0.25) is 0 Å². The summed E-state index contributed by atoms with van der Waals surface area (Å²) in [5, 5.41) is 24.8. The van der Waals surface area contributed by atoms with Crippen LogP contribution in [-0.4, -0.2) is 83.4 Å². The average Bonchev–Trinajstić information content (AvgIpc) is 3.75. The van der Waals surface area contributed by atoms with Crippen molar-refractivity contribution in [3.8, 4) is 23.0 Å². The van der Waals surface area contributed by atoms with Gasteiger partial charge >= 0.3 is 6.09 Å². The minimum Gasteiger partial charge on any atom is -0.489 e. The molecule has 0 saturated heterocycles. The molecule has 1 amide bonds. The second kappa shape index (κ2) is 20.8. The molecule has 12 nitrogen and oxygen atoms in total. The Labute approximate surface area is 374 Å². The molecule has 0 spiro atoms. The number of carbonyl (C=O) groups is 1. The van der Waals surface area contributed by atoms with Crippen molar-refractivity contribution in [3.05, 3.63) is 107 Å². The van der Waals surface area contributed by atoms with E-state index in [1.54, 1.807) is 35.2 Å². The van der Waals surface area contributed by atoms with E-state index in [1.807, 2.05) is 51.1 Å². The molecular weight excluding hydrogens is 831 g/mol. The van der Waals surface area contributed by atoms with Crippen LogP contribution in [0.1, 0.15) is 88.3 Å². The van der Waals surface area contributed by atoms with Crippen LogP contribution in [0.15, 0.2) is 90.1 Å². The average molecular weight is 891 g/mol. The van der Waals surface area contributed by atoms with Gasteiger partial charge in [-0.3, -0.25) is 4.90 Å². The fraction of sp³-hybridized carbons (Fsp3) is 0.510. The first-order valence-corrected chi connectivity index (χ1v) is 22.5. The molecule has 2 aliphatic heterocycles. The molecule has 0 aromatic heterocycles. The SMILES string of the molecule is C=CCOC12Oc3ccc(OCc4ccccc4F)cc3C3C(CCCCO)C(CCCCO)C=C(C(=NOC(C)(C)C)CC1N(Cc1ccc4c(c1)OCO4)C(=O)OCCCl)C32. The smallest absolute Gasteiger partial charge is 0.410 e. The standard InChI is InChI=1S/C49H60ClFN2O10/c1-5-23-61-49-44(53(47(56)57-24-20-50)29-32-16-18-42-43(25-32)60-31-59-42)28-40(52-63-48(2,3)4)37-26-33(12-8-10-21-54)36(14-9-11-22-55)45(46(37)49)38-27-35(17-19-41(38)62-49)58-30-34-13-6-7-15-39(34)51/h5-7,13,15-19,25-27,33,36,44-46,54-55H,1,8-12,14,20-24,28-31H2,2-4H3. The van der Waals surface area contributed by atoms with Gasteiger partial charge in [-0.25, -0.2) is 9.18 Å². The molecule has 1 fully saturated rings. The molecule has 0 bridgehead atoms. The van der Waals surface area contributed by atoms with Crippen LogP contribution >= 0.6 is 11.6 Å². The third-order valence-electron chi connectivity index (χ3n) is 12.1. The van der Waals surface area contributed by atoms with Crippen molar-refractivity contribution in [2.75, 3.05) is 39.1 Å². The number of rotatable bonds is 20. The zero-order valence-electron chi connectivity index (χ0n) is 36.4. The number of allylic oxidation sites excluding steroid dienone is 1. The molecule has 2 aliphatic carbocycles. The number of alkyl halides is 1. The molecule has 3 aromatic rings. The quantitative estimate of drug-likeness (QED) is 0.0489. The highest BCUT2D eigenvalue weighted by atomic mass is 35.5. The van der Waals surface area contributed by atoms with Crippen LogP contribution in [0.3, 0.4) is 0 Å². The van der Waals surface area contributed by atoms with E-state index in [-0.39, 0.29) is 82.2 Å². The number of amides is 1. The summed E-state index contributed by atoms with van der Waals surface area (Å²) in [6.45, 7) is 10.2. The lowest BCUT2D eigenvalue weighted by Crippen LogP contribution is -2.70. The topological polar surface area (TPSA) is 138 Å². The molecule has 3 aromatic carbocycles. The lowest BCUT2D eigenvalue weighted by Gasteiger charge is -2.60. The van der Waals surface area contributed by atoms with Gasteiger partial charge < -0.3 is 43.5 Å². The molecule has 7 rings (SSSR count). The molecule has 340 valence electrons. The van der Waals surface area contributed by atoms with Crippen molar-refractivity contribution in [2.24, 2.45) is 22.9 Å². The van der Waals surface area contributed by atoms with E-state index >= 15 is 0 Å². The van der Waals surface area contributed by atoms with E-state index in [9.17, 15) is 19.4 Å². The molecule has 14 heteroatoms. The lowest BCUT2D eigenvalue weighted by molar-refractivity contribution is -0.256. The minimum absolute atomic E-state index is 0.0178. The Hall–Kier alpha value is -4.82. The van der Waals surface area contributed by atoms with E-state index in [4.69, 9.17) is 50.0 Å². The van der Waals surface area contributed by atoms with Gasteiger partial charge in [-0.05, 0) is 106 Å². The molecular formula is C49H60ClFN2O10. The first kappa shape index (κ1) is 46.2. The Balaban J connectivity index is 1.44. The Morgan fingerprint density at radius 1 is 1.02 bits per heavy atom. The minimum atomic E-state index is -1.53. The maximum absolute atomic E-state index is 14.8. The van der Waals surface area contributed by atoms with Crippen molar-refractivity contribution in [3.63, 3.8) is 0 Å². The highest BCUT2D eigenvalue weighted by molar-refractivity contribution is 6.18. The maximum atomic E-state index is 14.8. The second-order valence-corrected chi connectivity index (χ2v) is 17.9. The van der Waals surface area contributed by atoms with Crippen LogP contribution < -0.4 is 18.9 Å². The number of aliphatic hydroxyl groups is 2. The number of fused-ring (bicyclic) bond motifs is 3. The zero-order valence-corrected chi connectivity index (χ0v) is 37.2. The Morgan fingerprint density at radius 3 is 2.52 bits per heavy atom. The summed E-state index contributed by atoms with van der Waals surface area (Å²) in [6, 6.07) is 16.9. The molecule has 2 heterocycles. The van der Waals surface area contributed by atoms with Crippen molar-refractivity contribution in [1.82, 2.24) is 4.90 Å². The molecule has 1 saturated carbocycles. The first-order chi connectivity index (χ1) is 30.5. The van der Waals surface area contributed by atoms with E-state index < -0.39 is 29.4 Å².